The molecular weight excluding hydrogens is 295 g/mol. The topological polar surface area (TPSA) is 33.6 Å². The Kier molecular flexibility index (Phi) is 8.63. The third-order valence-corrected chi connectivity index (χ3v) is 8.82. The molecule has 1 atom stereocenters. The number of hydrogen-bond acceptors (Lipinski definition) is 4. The summed E-state index contributed by atoms with van der Waals surface area (Å²) in [5, 5.41) is 3.27. The molecule has 0 spiro atoms. The summed E-state index contributed by atoms with van der Waals surface area (Å²) in [6.45, 7) is 7.06. The van der Waals surface area contributed by atoms with Crippen LogP contribution in [0.4, 0.5) is 0 Å². The van der Waals surface area contributed by atoms with Crippen molar-refractivity contribution in [3.63, 3.8) is 0 Å². The highest BCUT2D eigenvalue weighted by molar-refractivity contribution is 8.68. The molecule has 1 aliphatic carbocycles. The summed E-state index contributed by atoms with van der Waals surface area (Å²) < 4.78 is 5.76. The van der Waals surface area contributed by atoms with Gasteiger partial charge in [0.1, 0.15) is 0 Å². The molecule has 0 aliphatic heterocycles. The van der Waals surface area contributed by atoms with Crippen LogP contribution in [0.1, 0.15) is 52.9 Å². The van der Waals surface area contributed by atoms with Gasteiger partial charge in [0.15, 0.2) is 0 Å². The van der Waals surface area contributed by atoms with E-state index in [9.17, 15) is 0 Å². The van der Waals surface area contributed by atoms with Crippen LogP contribution in [0.2, 0.25) is 0 Å². The van der Waals surface area contributed by atoms with Crippen LogP contribution in [0.15, 0.2) is 4.99 Å². The lowest BCUT2D eigenvalue weighted by Gasteiger charge is -2.22. The van der Waals surface area contributed by atoms with E-state index in [4.69, 9.17) is 16.3 Å². The zero-order valence-electron chi connectivity index (χ0n) is 12.3. The Morgan fingerprint density at radius 3 is 2.68 bits per heavy atom. The van der Waals surface area contributed by atoms with Crippen molar-refractivity contribution in [2.75, 3.05) is 12.4 Å². The number of aliphatic imine (C=N–C) groups is 1. The number of hydrogen-bond donors (Lipinski definition) is 1. The maximum Gasteiger partial charge on any atom is 0.211 e. The van der Waals surface area contributed by atoms with Gasteiger partial charge in [-0.1, -0.05) is 44.5 Å². The van der Waals surface area contributed by atoms with Gasteiger partial charge in [0.2, 0.25) is 5.62 Å². The first kappa shape index (κ1) is 17.5. The van der Waals surface area contributed by atoms with Crippen LogP contribution >= 0.6 is 17.0 Å². The molecule has 0 heterocycles. The maximum atomic E-state index is 5.76. The summed E-state index contributed by atoms with van der Waals surface area (Å²) >= 11 is 7.38. The van der Waals surface area contributed by atoms with Gasteiger partial charge in [0, 0.05) is 5.75 Å². The highest BCUT2D eigenvalue weighted by atomic mass is 32.9. The van der Waals surface area contributed by atoms with Gasteiger partial charge in [-0.2, -0.15) is 0 Å². The molecule has 0 amide bonds. The summed E-state index contributed by atoms with van der Waals surface area (Å²) in [6, 6.07) is 0.487. The van der Waals surface area contributed by atoms with Crippen molar-refractivity contribution < 1.29 is 4.52 Å². The summed E-state index contributed by atoms with van der Waals surface area (Å²) in [4.78, 5) is 4.61. The fourth-order valence-corrected chi connectivity index (χ4v) is 6.63. The molecule has 0 aromatic carbocycles. The molecule has 1 aliphatic rings. The Hall–Kier alpha value is 0.430. The van der Waals surface area contributed by atoms with Crippen LogP contribution in [0.3, 0.4) is 0 Å². The van der Waals surface area contributed by atoms with E-state index in [2.05, 4.69) is 23.9 Å². The van der Waals surface area contributed by atoms with Gasteiger partial charge < -0.3 is 9.61 Å². The molecule has 1 rings (SSSR count). The summed E-state index contributed by atoms with van der Waals surface area (Å²) in [5.74, 6) is 1.66. The van der Waals surface area contributed by atoms with Gasteiger partial charge >= 0.3 is 0 Å². The molecule has 3 nitrogen and oxygen atoms in total. The van der Waals surface area contributed by atoms with Crippen LogP contribution in [-0.4, -0.2) is 24.7 Å². The van der Waals surface area contributed by atoms with Gasteiger partial charge in [-0.25, -0.2) is 0 Å². The molecule has 0 saturated heterocycles. The molecule has 0 radical (unpaired) electrons. The van der Waals surface area contributed by atoms with Crippen molar-refractivity contribution in [3.05, 3.63) is 0 Å². The Labute approximate surface area is 127 Å². The standard InChI is InChI=1S/C13H27N2OPS2/c1-4-16-17(18,19-10-12(2)3)15-11-14-13-8-6-5-7-9-13/h11-13H,4-10H2,1-3H3,(H,14,15,18). The van der Waals surface area contributed by atoms with E-state index in [0.717, 1.165) is 5.75 Å². The van der Waals surface area contributed by atoms with Crippen molar-refractivity contribution >= 4 is 35.1 Å². The first-order valence-electron chi connectivity index (χ1n) is 7.24. The average Bonchev–Trinajstić information content (AvgIpc) is 2.38. The van der Waals surface area contributed by atoms with E-state index in [1.165, 1.54) is 32.1 Å². The van der Waals surface area contributed by atoms with Crippen molar-refractivity contribution in [1.82, 2.24) is 5.09 Å². The van der Waals surface area contributed by atoms with Gasteiger partial charge in [0.25, 0.3) is 0 Å². The maximum absolute atomic E-state index is 5.76. The molecule has 6 heteroatoms. The van der Waals surface area contributed by atoms with Crippen molar-refractivity contribution in [1.29, 1.82) is 0 Å². The SMILES string of the molecule is CCOP(=S)(N/C=N/C1CCCCC1)SCC(C)C. The Bertz CT molecular complexity index is 318. The summed E-state index contributed by atoms with van der Waals surface area (Å²) in [5.41, 5.74) is -1.99. The quantitative estimate of drug-likeness (QED) is 0.403. The van der Waals surface area contributed by atoms with E-state index in [1.807, 2.05) is 13.3 Å². The van der Waals surface area contributed by atoms with Gasteiger partial charge in [0.05, 0.1) is 19.0 Å². The van der Waals surface area contributed by atoms with Crippen LogP contribution in [0.5, 0.6) is 0 Å². The Balaban J connectivity index is 2.42. The Morgan fingerprint density at radius 2 is 2.11 bits per heavy atom. The molecule has 1 N–H and O–H groups in total. The molecule has 0 aromatic heterocycles. The lowest BCUT2D eigenvalue weighted by molar-refractivity contribution is 0.383. The first-order chi connectivity index (χ1) is 9.06. The van der Waals surface area contributed by atoms with E-state index in [-0.39, 0.29) is 0 Å². The van der Waals surface area contributed by atoms with Gasteiger partial charge in [-0.3, -0.25) is 4.99 Å². The zero-order valence-corrected chi connectivity index (χ0v) is 14.8. The number of rotatable bonds is 8. The second-order valence-corrected chi connectivity index (χ2v) is 12.0. The van der Waals surface area contributed by atoms with E-state index in [0.29, 0.717) is 18.6 Å². The van der Waals surface area contributed by atoms with Gasteiger partial charge in [-0.15, -0.1) is 0 Å². The second-order valence-electron chi connectivity index (χ2n) is 5.30. The van der Waals surface area contributed by atoms with E-state index < -0.39 is 5.62 Å². The molecule has 19 heavy (non-hydrogen) atoms. The summed E-state index contributed by atoms with van der Waals surface area (Å²) in [6.07, 6.45) is 8.23. The average molecular weight is 322 g/mol. The molecule has 1 unspecified atom stereocenters. The first-order valence-corrected chi connectivity index (χ1v) is 11.6. The third-order valence-electron chi connectivity index (χ3n) is 2.95. The molecular formula is C13H27N2OPS2. The minimum Gasteiger partial charge on any atom is -0.327 e. The van der Waals surface area contributed by atoms with Crippen LogP contribution in [0.25, 0.3) is 0 Å². The minimum absolute atomic E-state index is 0.487. The van der Waals surface area contributed by atoms with Crippen LogP contribution in [-0.2, 0) is 16.3 Å². The van der Waals surface area contributed by atoms with Crippen molar-refractivity contribution in [2.24, 2.45) is 10.9 Å². The normalized spacial score (nSPS) is 20.8. The number of nitrogens with zero attached hydrogens (tertiary/aromatic N) is 1. The zero-order chi connectivity index (χ0) is 14.1. The molecule has 112 valence electrons. The van der Waals surface area contributed by atoms with Crippen molar-refractivity contribution in [2.45, 2.75) is 58.9 Å². The minimum atomic E-state index is -1.99. The smallest absolute Gasteiger partial charge is 0.211 e. The summed E-state index contributed by atoms with van der Waals surface area (Å²) in [7, 11) is 0. The highest BCUT2D eigenvalue weighted by Crippen LogP contribution is 2.56. The highest BCUT2D eigenvalue weighted by Gasteiger charge is 2.17. The van der Waals surface area contributed by atoms with Gasteiger partial charge in [-0.05, 0) is 37.5 Å². The number of nitrogens with one attached hydrogen (secondary N) is 1. The molecule has 0 bridgehead atoms. The predicted octanol–water partition coefficient (Wildman–Crippen LogP) is 4.59. The largest absolute Gasteiger partial charge is 0.327 e. The monoisotopic (exact) mass is 322 g/mol. The lowest BCUT2D eigenvalue weighted by Crippen LogP contribution is -2.14. The Morgan fingerprint density at radius 1 is 1.42 bits per heavy atom. The predicted molar refractivity (Wildman–Crippen MR) is 91.7 cm³/mol. The molecule has 0 aromatic rings. The fourth-order valence-electron chi connectivity index (χ4n) is 1.97. The van der Waals surface area contributed by atoms with Crippen LogP contribution < -0.4 is 5.09 Å². The molecule has 1 fully saturated rings. The van der Waals surface area contributed by atoms with E-state index in [1.54, 1.807) is 11.4 Å². The van der Waals surface area contributed by atoms with Crippen LogP contribution in [0, 0.1) is 5.92 Å². The lowest BCUT2D eigenvalue weighted by atomic mass is 9.96. The third kappa shape index (κ3) is 7.69. The second kappa shape index (κ2) is 9.38. The molecule has 1 saturated carbocycles. The van der Waals surface area contributed by atoms with E-state index >= 15 is 0 Å². The van der Waals surface area contributed by atoms with Crippen molar-refractivity contribution in [3.8, 4) is 0 Å². The fraction of sp³-hybridized carbons (Fsp3) is 0.923.